The summed E-state index contributed by atoms with van der Waals surface area (Å²) in [6.45, 7) is 13.8. The smallest absolute Gasteiger partial charge is 0.0946 e. The first-order valence-corrected chi connectivity index (χ1v) is 11.1. The fourth-order valence-corrected chi connectivity index (χ4v) is 6.20. The lowest BCUT2D eigenvalue weighted by molar-refractivity contribution is -0.00938. The first kappa shape index (κ1) is 19.7. The maximum atomic E-state index is 4.75. The van der Waals surface area contributed by atoms with E-state index >= 15 is 0 Å². The molecule has 5 nitrogen and oxygen atoms in total. The van der Waals surface area contributed by atoms with Crippen molar-refractivity contribution in [3.05, 3.63) is 34.9 Å². The van der Waals surface area contributed by atoms with E-state index in [2.05, 4.69) is 61.0 Å². The molecule has 2 saturated carbocycles. The molecule has 3 atom stereocenters. The van der Waals surface area contributed by atoms with E-state index in [1.54, 1.807) is 0 Å². The number of hydrogen-bond acceptors (Lipinski definition) is 3. The molecule has 3 unspecified atom stereocenters. The number of aryl methyl sites for hydroxylation is 4. The van der Waals surface area contributed by atoms with Crippen molar-refractivity contribution in [1.82, 2.24) is 24.5 Å². The number of fused-ring (bicyclic) bond motifs is 2. The summed E-state index contributed by atoms with van der Waals surface area (Å²) in [5.41, 5.74) is 5.17. The third-order valence-electron chi connectivity index (χ3n) is 6.99. The van der Waals surface area contributed by atoms with Crippen LogP contribution in [-0.2, 0) is 13.3 Å². The minimum Gasteiger partial charge on any atom is -0.264 e. The standard InChI is InChI=1S/C23H37N5/c1-17-9-22-7-6-8-23(12-17,13-22)14-26(15-27-20(4)10-18(2)24-27)16-28-21(5)11-19(3)25-28/h10-11,17,22H,6-9,12-16H2,1-5H3. The summed E-state index contributed by atoms with van der Waals surface area (Å²) in [6.07, 6.45) is 8.48. The molecular weight excluding hydrogens is 346 g/mol. The predicted molar refractivity (Wildman–Crippen MR) is 113 cm³/mol. The van der Waals surface area contributed by atoms with Gasteiger partial charge in [-0.15, -0.1) is 0 Å². The molecule has 0 aromatic carbocycles. The molecule has 2 fully saturated rings. The second-order valence-corrected chi connectivity index (χ2v) is 9.97. The minimum atomic E-state index is 0.479. The molecule has 2 aliphatic rings. The van der Waals surface area contributed by atoms with Crippen molar-refractivity contribution in [2.75, 3.05) is 6.54 Å². The Morgan fingerprint density at radius 1 is 1.00 bits per heavy atom. The molecule has 2 heterocycles. The van der Waals surface area contributed by atoms with Crippen LogP contribution in [0.3, 0.4) is 0 Å². The Bertz CT molecular complexity index is 767. The zero-order valence-electron chi connectivity index (χ0n) is 18.4. The first-order chi connectivity index (χ1) is 13.3. The number of nitrogens with zero attached hydrogens (tertiary/aromatic N) is 5. The molecule has 154 valence electrons. The van der Waals surface area contributed by atoms with Gasteiger partial charge in [0.2, 0.25) is 0 Å². The molecule has 2 aliphatic carbocycles. The van der Waals surface area contributed by atoms with Gasteiger partial charge in [0.05, 0.1) is 24.7 Å². The van der Waals surface area contributed by atoms with Crippen molar-refractivity contribution >= 4 is 0 Å². The maximum absolute atomic E-state index is 4.75. The summed E-state index contributed by atoms with van der Waals surface area (Å²) >= 11 is 0. The highest BCUT2D eigenvalue weighted by Crippen LogP contribution is 2.51. The van der Waals surface area contributed by atoms with Crippen molar-refractivity contribution in [1.29, 1.82) is 0 Å². The van der Waals surface area contributed by atoms with Gasteiger partial charge in [0.15, 0.2) is 0 Å². The van der Waals surface area contributed by atoms with Crippen LogP contribution < -0.4 is 0 Å². The fourth-order valence-electron chi connectivity index (χ4n) is 6.20. The highest BCUT2D eigenvalue weighted by molar-refractivity contribution is 5.07. The molecule has 0 amide bonds. The third kappa shape index (κ3) is 4.19. The van der Waals surface area contributed by atoms with Crippen LogP contribution in [-0.4, -0.2) is 31.0 Å². The van der Waals surface area contributed by atoms with Crippen molar-refractivity contribution in [2.24, 2.45) is 17.3 Å². The molecule has 2 bridgehead atoms. The molecule has 5 heteroatoms. The summed E-state index contributed by atoms with van der Waals surface area (Å²) in [5.74, 6) is 1.81. The second kappa shape index (κ2) is 7.66. The Morgan fingerprint density at radius 3 is 2.14 bits per heavy atom. The Balaban J connectivity index is 1.58. The summed E-state index contributed by atoms with van der Waals surface area (Å²) in [7, 11) is 0. The van der Waals surface area contributed by atoms with Gasteiger partial charge in [0.1, 0.15) is 0 Å². The van der Waals surface area contributed by atoms with Crippen molar-refractivity contribution < 1.29 is 0 Å². The number of hydrogen-bond donors (Lipinski definition) is 0. The summed E-state index contributed by atoms with van der Waals surface area (Å²) in [6, 6.07) is 4.36. The average Bonchev–Trinajstić information content (AvgIpc) is 3.06. The van der Waals surface area contributed by atoms with Gasteiger partial charge in [-0.2, -0.15) is 10.2 Å². The Morgan fingerprint density at radius 2 is 1.61 bits per heavy atom. The quantitative estimate of drug-likeness (QED) is 0.717. The summed E-state index contributed by atoms with van der Waals surface area (Å²) in [4.78, 5) is 2.60. The third-order valence-corrected chi connectivity index (χ3v) is 6.99. The van der Waals surface area contributed by atoms with Crippen LogP contribution in [0.5, 0.6) is 0 Å². The molecule has 2 aromatic rings. The molecule has 0 radical (unpaired) electrons. The molecule has 0 saturated heterocycles. The van der Waals surface area contributed by atoms with E-state index in [4.69, 9.17) is 10.2 Å². The molecule has 0 aliphatic heterocycles. The normalized spacial score (nSPS) is 27.5. The monoisotopic (exact) mass is 383 g/mol. The van der Waals surface area contributed by atoms with Gasteiger partial charge in [-0.25, -0.2) is 0 Å². The predicted octanol–water partition coefficient (Wildman–Crippen LogP) is 4.84. The molecule has 2 aromatic heterocycles. The Hall–Kier alpha value is -1.62. The molecule has 0 N–H and O–H groups in total. The van der Waals surface area contributed by atoms with E-state index in [1.807, 2.05) is 0 Å². The molecule has 28 heavy (non-hydrogen) atoms. The molecular formula is C23H37N5. The van der Waals surface area contributed by atoms with Gasteiger partial charge in [0.25, 0.3) is 0 Å². The highest BCUT2D eigenvalue weighted by atomic mass is 15.4. The largest absolute Gasteiger partial charge is 0.264 e. The first-order valence-electron chi connectivity index (χ1n) is 11.1. The lowest BCUT2D eigenvalue weighted by Gasteiger charge is -2.49. The maximum Gasteiger partial charge on any atom is 0.0946 e. The summed E-state index contributed by atoms with van der Waals surface area (Å²) in [5, 5.41) is 9.50. The number of aromatic nitrogens is 4. The van der Waals surface area contributed by atoms with Gasteiger partial charge in [-0.05, 0) is 82.8 Å². The minimum absolute atomic E-state index is 0.479. The van der Waals surface area contributed by atoms with Crippen LogP contribution in [0.15, 0.2) is 12.1 Å². The van der Waals surface area contributed by atoms with Gasteiger partial charge in [-0.3, -0.25) is 14.3 Å². The summed E-state index contributed by atoms with van der Waals surface area (Å²) < 4.78 is 4.34. The van der Waals surface area contributed by atoms with Gasteiger partial charge in [-0.1, -0.05) is 19.8 Å². The van der Waals surface area contributed by atoms with Crippen LogP contribution in [0.2, 0.25) is 0 Å². The molecule has 0 spiro atoms. The van der Waals surface area contributed by atoms with E-state index in [0.29, 0.717) is 5.41 Å². The zero-order valence-corrected chi connectivity index (χ0v) is 18.4. The van der Waals surface area contributed by atoms with Gasteiger partial charge in [0, 0.05) is 17.9 Å². The van der Waals surface area contributed by atoms with E-state index < -0.39 is 0 Å². The molecule has 4 rings (SSSR count). The van der Waals surface area contributed by atoms with E-state index in [0.717, 1.165) is 43.1 Å². The Labute approximate surface area is 170 Å². The van der Waals surface area contributed by atoms with Gasteiger partial charge >= 0.3 is 0 Å². The van der Waals surface area contributed by atoms with Crippen LogP contribution in [0.25, 0.3) is 0 Å². The number of rotatable bonds is 6. The van der Waals surface area contributed by atoms with E-state index in [9.17, 15) is 0 Å². The van der Waals surface area contributed by atoms with Crippen LogP contribution in [0.1, 0.15) is 68.2 Å². The SMILES string of the molecule is Cc1cc(C)n(CN(Cn2nc(C)cc2C)CC23CCCC(CC(C)C2)C3)n1. The zero-order chi connectivity index (χ0) is 19.9. The van der Waals surface area contributed by atoms with Crippen molar-refractivity contribution in [2.45, 2.75) is 86.5 Å². The van der Waals surface area contributed by atoms with Crippen LogP contribution in [0.4, 0.5) is 0 Å². The van der Waals surface area contributed by atoms with Crippen LogP contribution >= 0.6 is 0 Å². The average molecular weight is 384 g/mol. The van der Waals surface area contributed by atoms with Crippen LogP contribution in [0, 0.1) is 44.9 Å². The Kier molecular flexibility index (Phi) is 5.38. The van der Waals surface area contributed by atoms with E-state index in [1.165, 1.54) is 49.9 Å². The topological polar surface area (TPSA) is 38.9 Å². The second-order valence-electron chi connectivity index (χ2n) is 9.97. The van der Waals surface area contributed by atoms with Gasteiger partial charge < -0.3 is 0 Å². The lowest BCUT2D eigenvalue weighted by atomic mass is 9.59. The van der Waals surface area contributed by atoms with E-state index in [-0.39, 0.29) is 0 Å². The van der Waals surface area contributed by atoms with Crippen molar-refractivity contribution in [3.63, 3.8) is 0 Å². The lowest BCUT2D eigenvalue weighted by Crippen LogP contribution is -2.46. The highest BCUT2D eigenvalue weighted by Gasteiger charge is 2.42. The fraction of sp³-hybridized carbons (Fsp3) is 0.739. The van der Waals surface area contributed by atoms with Crippen molar-refractivity contribution in [3.8, 4) is 0 Å².